The van der Waals surface area contributed by atoms with E-state index in [1.54, 1.807) is 12.1 Å². The summed E-state index contributed by atoms with van der Waals surface area (Å²) in [4.78, 5) is 12.3. The van der Waals surface area contributed by atoms with Gasteiger partial charge in [-0.05, 0) is 47.4 Å². The first-order chi connectivity index (χ1) is 9.85. The first-order valence-electron chi connectivity index (χ1n) is 6.99. The first-order valence-corrected chi connectivity index (χ1v) is 6.99. The van der Waals surface area contributed by atoms with Crippen molar-refractivity contribution < 1.29 is 4.79 Å². The predicted molar refractivity (Wildman–Crippen MR) is 80.2 cm³/mol. The maximum atomic E-state index is 12.3. The van der Waals surface area contributed by atoms with Crippen molar-refractivity contribution in [1.29, 1.82) is 0 Å². The Kier molecular flexibility index (Phi) is 4.35. The van der Waals surface area contributed by atoms with Gasteiger partial charge in [-0.2, -0.15) is 0 Å². The molecule has 0 spiro atoms. The number of benzene rings is 1. The highest BCUT2D eigenvalue weighted by Gasteiger charge is 2.17. The van der Waals surface area contributed by atoms with Gasteiger partial charge in [-0.15, -0.1) is 5.10 Å². The quantitative estimate of drug-likeness (QED) is 0.935. The molecular weight excluding hydrogens is 266 g/mol. The molecule has 21 heavy (non-hydrogen) atoms. The van der Waals surface area contributed by atoms with Gasteiger partial charge in [-0.3, -0.25) is 4.79 Å². The fourth-order valence-corrected chi connectivity index (χ4v) is 2.35. The highest BCUT2D eigenvalue weighted by atomic mass is 16.1. The number of amides is 1. The van der Waals surface area contributed by atoms with Gasteiger partial charge >= 0.3 is 0 Å². The smallest absolute Gasteiger partial charge is 0.251 e. The molecule has 1 aromatic carbocycles. The summed E-state index contributed by atoms with van der Waals surface area (Å²) in [5, 5.41) is 14.0. The lowest BCUT2D eigenvalue weighted by Gasteiger charge is -2.24. The molecule has 2 rings (SSSR count). The lowest BCUT2D eigenvalue weighted by molar-refractivity contribution is 0.0931. The van der Waals surface area contributed by atoms with Crippen LogP contribution in [0.2, 0.25) is 0 Å². The van der Waals surface area contributed by atoms with E-state index in [1.807, 2.05) is 19.1 Å². The number of carbonyl (C=O) groups is 1. The normalized spacial score (nSPS) is 13.0. The van der Waals surface area contributed by atoms with Crippen molar-refractivity contribution in [3.8, 4) is 5.69 Å². The number of nitrogens with zero attached hydrogens (tertiary/aromatic N) is 4. The Hall–Kier alpha value is -2.24. The fourth-order valence-electron chi connectivity index (χ4n) is 2.35. The SMILES string of the molecule is CC(CC(C)(C)C)NC(=O)c1cccc(-n2cnnn2)c1. The van der Waals surface area contributed by atoms with Crippen LogP contribution in [0.1, 0.15) is 44.5 Å². The number of carbonyl (C=O) groups excluding carboxylic acids is 1. The van der Waals surface area contributed by atoms with E-state index in [2.05, 4.69) is 41.6 Å². The molecule has 0 radical (unpaired) electrons. The number of tetrazole rings is 1. The third-order valence-electron chi connectivity index (χ3n) is 3.02. The maximum absolute atomic E-state index is 12.3. The Balaban J connectivity index is 2.08. The van der Waals surface area contributed by atoms with Crippen molar-refractivity contribution in [2.75, 3.05) is 0 Å². The molecule has 0 saturated heterocycles. The maximum Gasteiger partial charge on any atom is 0.251 e. The van der Waals surface area contributed by atoms with Gasteiger partial charge < -0.3 is 5.32 Å². The summed E-state index contributed by atoms with van der Waals surface area (Å²) < 4.78 is 1.52. The number of hydrogen-bond acceptors (Lipinski definition) is 4. The number of aromatic nitrogens is 4. The molecule has 0 bridgehead atoms. The van der Waals surface area contributed by atoms with E-state index >= 15 is 0 Å². The summed E-state index contributed by atoms with van der Waals surface area (Å²) in [5.41, 5.74) is 1.54. The topological polar surface area (TPSA) is 72.7 Å². The van der Waals surface area contributed by atoms with E-state index in [0.29, 0.717) is 5.56 Å². The van der Waals surface area contributed by atoms with Crippen molar-refractivity contribution in [1.82, 2.24) is 25.5 Å². The number of hydrogen-bond donors (Lipinski definition) is 1. The Morgan fingerprint density at radius 2 is 2.14 bits per heavy atom. The van der Waals surface area contributed by atoms with Crippen LogP contribution in [0.4, 0.5) is 0 Å². The molecule has 6 heteroatoms. The molecule has 6 nitrogen and oxygen atoms in total. The summed E-state index contributed by atoms with van der Waals surface area (Å²) in [5.74, 6) is -0.0818. The van der Waals surface area contributed by atoms with Crippen molar-refractivity contribution in [3.05, 3.63) is 36.2 Å². The summed E-state index contributed by atoms with van der Waals surface area (Å²) in [6, 6.07) is 7.35. The van der Waals surface area contributed by atoms with Crippen LogP contribution in [0.3, 0.4) is 0 Å². The van der Waals surface area contributed by atoms with E-state index in [1.165, 1.54) is 11.0 Å². The first kappa shape index (κ1) is 15.2. The molecule has 0 saturated carbocycles. The van der Waals surface area contributed by atoms with Crippen molar-refractivity contribution in [2.45, 2.75) is 40.2 Å². The van der Waals surface area contributed by atoms with Crippen LogP contribution in [-0.2, 0) is 0 Å². The summed E-state index contributed by atoms with van der Waals surface area (Å²) in [7, 11) is 0. The minimum absolute atomic E-state index is 0.0818. The second kappa shape index (κ2) is 6.03. The Labute approximate surface area is 124 Å². The van der Waals surface area contributed by atoms with Crippen LogP contribution < -0.4 is 5.32 Å². The number of nitrogens with one attached hydrogen (secondary N) is 1. The van der Waals surface area contributed by atoms with E-state index in [9.17, 15) is 4.79 Å². The molecule has 2 aromatic rings. The van der Waals surface area contributed by atoms with Crippen LogP contribution in [-0.4, -0.2) is 32.2 Å². The highest BCUT2D eigenvalue weighted by Crippen LogP contribution is 2.20. The standard InChI is InChI=1S/C15H21N5O/c1-11(9-15(2,3)4)17-14(21)12-6-5-7-13(8-12)20-10-16-18-19-20/h5-8,10-11H,9H2,1-4H3,(H,17,21). The fraction of sp³-hybridized carbons (Fsp3) is 0.467. The van der Waals surface area contributed by atoms with Gasteiger partial charge in [-0.25, -0.2) is 4.68 Å². The second-order valence-electron chi connectivity index (χ2n) is 6.44. The molecule has 1 heterocycles. The molecule has 0 aliphatic carbocycles. The molecule has 0 fully saturated rings. The molecule has 112 valence electrons. The Morgan fingerprint density at radius 3 is 2.76 bits per heavy atom. The van der Waals surface area contributed by atoms with Crippen LogP contribution in [0.25, 0.3) is 5.69 Å². The molecule has 0 aliphatic heterocycles. The zero-order valence-corrected chi connectivity index (χ0v) is 12.9. The van der Waals surface area contributed by atoms with Crippen molar-refractivity contribution in [2.24, 2.45) is 5.41 Å². The summed E-state index contributed by atoms with van der Waals surface area (Å²) in [6.45, 7) is 8.50. The second-order valence-corrected chi connectivity index (χ2v) is 6.44. The van der Waals surface area contributed by atoms with E-state index in [-0.39, 0.29) is 17.4 Å². The molecule has 1 aromatic heterocycles. The zero-order chi connectivity index (χ0) is 15.5. The zero-order valence-electron chi connectivity index (χ0n) is 12.9. The Bertz CT molecular complexity index is 601. The Morgan fingerprint density at radius 1 is 1.38 bits per heavy atom. The van der Waals surface area contributed by atoms with Gasteiger partial charge in [0, 0.05) is 11.6 Å². The van der Waals surface area contributed by atoms with E-state index < -0.39 is 0 Å². The van der Waals surface area contributed by atoms with Crippen LogP contribution in [0.5, 0.6) is 0 Å². The van der Waals surface area contributed by atoms with Gasteiger partial charge in [-0.1, -0.05) is 26.8 Å². The molecule has 1 N–H and O–H groups in total. The van der Waals surface area contributed by atoms with Gasteiger partial charge in [0.2, 0.25) is 0 Å². The molecule has 1 unspecified atom stereocenters. The third kappa shape index (κ3) is 4.37. The molecule has 1 amide bonds. The average Bonchev–Trinajstić information content (AvgIpc) is 2.90. The molecule has 0 aliphatic rings. The summed E-state index contributed by atoms with van der Waals surface area (Å²) in [6.07, 6.45) is 2.42. The van der Waals surface area contributed by atoms with E-state index in [4.69, 9.17) is 0 Å². The van der Waals surface area contributed by atoms with Crippen LogP contribution in [0, 0.1) is 5.41 Å². The largest absolute Gasteiger partial charge is 0.350 e. The van der Waals surface area contributed by atoms with Gasteiger partial charge in [0.1, 0.15) is 6.33 Å². The average molecular weight is 287 g/mol. The highest BCUT2D eigenvalue weighted by molar-refractivity contribution is 5.94. The van der Waals surface area contributed by atoms with Crippen LogP contribution in [0.15, 0.2) is 30.6 Å². The monoisotopic (exact) mass is 287 g/mol. The van der Waals surface area contributed by atoms with Crippen molar-refractivity contribution >= 4 is 5.91 Å². The van der Waals surface area contributed by atoms with Crippen molar-refractivity contribution in [3.63, 3.8) is 0 Å². The minimum Gasteiger partial charge on any atom is -0.350 e. The van der Waals surface area contributed by atoms with Gasteiger partial charge in [0.05, 0.1) is 5.69 Å². The van der Waals surface area contributed by atoms with E-state index in [0.717, 1.165) is 12.1 Å². The van der Waals surface area contributed by atoms with Gasteiger partial charge in [0.25, 0.3) is 5.91 Å². The lowest BCUT2D eigenvalue weighted by atomic mass is 9.88. The third-order valence-corrected chi connectivity index (χ3v) is 3.02. The molecular formula is C15H21N5O. The predicted octanol–water partition coefficient (Wildman–Crippen LogP) is 2.22. The molecule has 1 atom stereocenters. The summed E-state index contributed by atoms with van der Waals surface area (Å²) >= 11 is 0. The van der Waals surface area contributed by atoms with Crippen LogP contribution >= 0.6 is 0 Å². The minimum atomic E-state index is -0.0818. The number of rotatable bonds is 4. The lowest BCUT2D eigenvalue weighted by Crippen LogP contribution is -2.35. The van der Waals surface area contributed by atoms with Gasteiger partial charge in [0.15, 0.2) is 0 Å².